The van der Waals surface area contributed by atoms with Gasteiger partial charge in [0.05, 0.1) is 19.3 Å². The van der Waals surface area contributed by atoms with Crippen molar-refractivity contribution >= 4 is 22.4 Å². The minimum atomic E-state index is -0.389. The minimum Gasteiger partial charge on any atom is -0.479 e. The van der Waals surface area contributed by atoms with E-state index in [1.54, 1.807) is 4.68 Å². The molecule has 0 bridgehead atoms. The van der Waals surface area contributed by atoms with Crippen LogP contribution in [0.15, 0.2) is 30.3 Å². The maximum Gasteiger partial charge on any atom is 0.283 e. The average molecular weight is 343 g/mol. The highest BCUT2D eigenvalue weighted by molar-refractivity contribution is 7.15. The third-order valence-electron chi connectivity index (χ3n) is 3.52. The number of thiazole rings is 1. The van der Waals surface area contributed by atoms with E-state index in [1.165, 1.54) is 18.4 Å². The lowest BCUT2D eigenvalue weighted by molar-refractivity contribution is 0.101. The number of rotatable bonds is 5. The molecular formula is C16H17N5O2S. The summed E-state index contributed by atoms with van der Waals surface area (Å²) in [7, 11) is 1.49. The van der Waals surface area contributed by atoms with E-state index in [1.807, 2.05) is 44.2 Å². The molecule has 0 spiro atoms. The molecule has 1 aromatic carbocycles. The maximum absolute atomic E-state index is 12.4. The molecule has 1 amide bonds. The Labute approximate surface area is 143 Å². The van der Waals surface area contributed by atoms with Crippen molar-refractivity contribution in [2.75, 3.05) is 12.4 Å². The molecule has 0 fully saturated rings. The van der Waals surface area contributed by atoms with E-state index in [0.717, 1.165) is 16.1 Å². The number of hydrogen-bond donors (Lipinski definition) is 1. The number of hydrogen-bond acceptors (Lipinski definition) is 6. The van der Waals surface area contributed by atoms with Gasteiger partial charge in [-0.3, -0.25) is 10.1 Å². The molecule has 0 unspecified atom stereocenters. The second kappa shape index (κ2) is 6.79. The van der Waals surface area contributed by atoms with Gasteiger partial charge in [-0.1, -0.05) is 35.5 Å². The van der Waals surface area contributed by atoms with Crippen molar-refractivity contribution in [1.82, 2.24) is 20.0 Å². The van der Waals surface area contributed by atoms with Gasteiger partial charge < -0.3 is 4.74 Å². The van der Waals surface area contributed by atoms with E-state index in [-0.39, 0.29) is 11.6 Å². The summed E-state index contributed by atoms with van der Waals surface area (Å²) in [6.07, 6.45) is 0. The molecular weight excluding hydrogens is 326 g/mol. The van der Waals surface area contributed by atoms with Crippen LogP contribution in [0.5, 0.6) is 5.88 Å². The number of amides is 1. The predicted octanol–water partition coefficient (Wildman–Crippen LogP) is 2.66. The number of aromatic nitrogens is 4. The second-order valence-electron chi connectivity index (χ2n) is 5.21. The van der Waals surface area contributed by atoms with Gasteiger partial charge in [0.2, 0.25) is 11.6 Å². The van der Waals surface area contributed by atoms with E-state index in [0.29, 0.717) is 17.6 Å². The molecule has 3 aromatic rings. The topological polar surface area (TPSA) is 81.9 Å². The highest BCUT2D eigenvalue weighted by Gasteiger charge is 2.22. The number of anilines is 1. The molecule has 0 aliphatic heterocycles. The summed E-state index contributed by atoms with van der Waals surface area (Å²) in [5.74, 6) is -0.0683. The van der Waals surface area contributed by atoms with Crippen molar-refractivity contribution in [3.05, 3.63) is 52.2 Å². The van der Waals surface area contributed by atoms with Crippen molar-refractivity contribution in [3.63, 3.8) is 0 Å². The van der Waals surface area contributed by atoms with Gasteiger partial charge in [0.25, 0.3) is 5.91 Å². The fourth-order valence-electron chi connectivity index (χ4n) is 2.19. The Morgan fingerprint density at radius 3 is 2.67 bits per heavy atom. The number of methoxy groups -OCH3 is 1. The van der Waals surface area contributed by atoms with Crippen molar-refractivity contribution in [2.24, 2.45) is 0 Å². The van der Waals surface area contributed by atoms with Crippen molar-refractivity contribution in [2.45, 2.75) is 20.4 Å². The zero-order valence-corrected chi connectivity index (χ0v) is 14.4. The first-order valence-corrected chi connectivity index (χ1v) is 8.17. The zero-order valence-electron chi connectivity index (χ0n) is 13.6. The Kier molecular flexibility index (Phi) is 4.57. The number of ether oxygens (including phenoxy) is 1. The molecule has 0 saturated carbocycles. The highest BCUT2D eigenvalue weighted by atomic mass is 32.1. The molecule has 0 radical (unpaired) electrons. The SMILES string of the molecule is COc1c(C(=O)Nc2nc(C)c(C)s2)nnn1Cc1ccccc1. The molecule has 24 heavy (non-hydrogen) atoms. The lowest BCUT2D eigenvalue weighted by Crippen LogP contribution is -2.14. The molecule has 0 saturated heterocycles. The summed E-state index contributed by atoms with van der Waals surface area (Å²) >= 11 is 1.42. The Balaban J connectivity index is 1.81. The van der Waals surface area contributed by atoms with Crippen LogP contribution in [-0.4, -0.2) is 33.0 Å². The van der Waals surface area contributed by atoms with E-state index in [9.17, 15) is 4.79 Å². The van der Waals surface area contributed by atoms with Gasteiger partial charge in [-0.25, -0.2) is 9.67 Å². The Morgan fingerprint density at radius 1 is 1.29 bits per heavy atom. The van der Waals surface area contributed by atoms with Crippen molar-refractivity contribution < 1.29 is 9.53 Å². The summed E-state index contributed by atoms with van der Waals surface area (Å²) in [6.45, 7) is 4.33. The van der Waals surface area contributed by atoms with Gasteiger partial charge in [-0.15, -0.1) is 16.4 Å². The van der Waals surface area contributed by atoms with Gasteiger partial charge >= 0.3 is 0 Å². The molecule has 7 nitrogen and oxygen atoms in total. The van der Waals surface area contributed by atoms with E-state index >= 15 is 0 Å². The highest BCUT2D eigenvalue weighted by Crippen LogP contribution is 2.23. The normalized spacial score (nSPS) is 10.6. The first kappa shape index (κ1) is 16.1. The van der Waals surface area contributed by atoms with Crippen molar-refractivity contribution in [1.29, 1.82) is 0 Å². The van der Waals surface area contributed by atoms with E-state index < -0.39 is 0 Å². The van der Waals surface area contributed by atoms with Gasteiger partial charge in [-0.05, 0) is 19.4 Å². The monoisotopic (exact) mass is 343 g/mol. The lowest BCUT2D eigenvalue weighted by Gasteiger charge is -2.06. The van der Waals surface area contributed by atoms with Crippen LogP contribution >= 0.6 is 11.3 Å². The number of benzene rings is 1. The molecule has 2 heterocycles. The van der Waals surface area contributed by atoms with Crippen LogP contribution in [-0.2, 0) is 6.54 Å². The fourth-order valence-corrected chi connectivity index (χ4v) is 3.00. The number of nitrogens with one attached hydrogen (secondary N) is 1. The molecule has 0 atom stereocenters. The number of carbonyl (C=O) groups excluding carboxylic acids is 1. The average Bonchev–Trinajstić information content (AvgIpc) is 3.11. The van der Waals surface area contributed by atoms with E-state index in [4.69, 9.17) is 4.74 Å². The standard InChI is InChI=1S/C16H17N5O2S/c1-10-11(2)24-16(17-10)18-14(22)13-15(23-3)21(20-19-13)9-12-7-5-4-6-8-12/h4-8H,9H2,1-3H3,(H,17,18,22). The number of aryl methyl sites for hydroxylation is 2. The van der Waals surface area contributed by atoms with Crippen LogP contribution in [0.4, 0.5) is 5.13 Å². The van der Waals surface area contributed by atoms with Crippen LogP contribution < -0.4 is 10.1 Å². The maximum atomic E-state index is 12.4. The number of nitrogens with zero attached hydrogens (tertiary/aromatic N) is 4. The molecule has 124 valence electrons. The van der Waals surface area contributed by atoms with Crippen LogP contribution in [0.2, 0.25) is 0 Å². The van der Waals surface area contributed by atoms with E-state index in [2.05, 4.69) is 20.6 Å². The summed E-state index contributed by atoms with van der Waals surface area (Å²) in [5.41, 5.74) is 2.08. The summed E-state index contributed by atoms with van der Waals surface area (Å²) in [4.78, 5) is 17.8. The zero-order chi connectivity index (χ0) is 17.1. The minimum absolute atomic E-state index is 0.138. The van der Waals surface area contributed by atoms with Crippen LogP contribution in [0, 0.1) is 13.8 Å². The molecule has 0 aliphatic rings. The smallest absolute Gasteiger partial charge is 0.283 e. The van der Waals surface area contributed by atoms with Crippen LogP contribution in [0.3, 0.4) is 0 Å². The number of carbonyl (C=O) groups is 1. The second-order valence-corrected chi connectivity index (χ2v) is 6.41. The largest absolute Gasteiger partial charge is 0.479 e. The van der Waals surface area contributed by atoms with Crippen LogP contribution in [0.25, 0.3) is 0 Å². The van der Waals surface area contributed by atoms with Crippen LogP contribution in [0.1, 0.15) is 26.6 Å². The molecule has 8 heteroatoms. The lowest BCUT2D eigenvalue weighted by atomic mass is 10.2. The third-order valence-corrected chi connectivity index (χ3v) is 4.51. The van der Waals surface area contributed by atoms with Gasteiger partial charge in [0, 0.05) is 4.88 Å². The molecule has 2 aromatic heterocycles. The third kappa shape index (κ3) is 3.28. The first-order chi connectivity index (χ1) is 11.6. The Hall–Kier alpha value is -2.74. The van der Waals surface area contributed by atoms with Gasteiger partial charge in [0.15, 0.2) is 5.13 Å². The Morgan fingerprint density at radius 2 is 2.04 bits per heavy atom. The summed E-state index contributed by atoms with van der Waals surface area (Å²) < 4.78 is 6.89. The molecule has 3 rings (SSSR count). The van der Waals surface area contributed by atoms with Crippen molar-refractivity contribution in [3.8, 4) is 5.88 Å². The van der Waals surface area contributed by atoms with Gasteiger partial charge in [0.1, 0.15) is 0 Å². The first-order valence-electron chi connectivity index (χ1n) is 7.35. The molecule has 0 aliphatic carbocycles. The fraction of sp³-hybridized carbons (Fsp3) is 0.250. The quantitative estimate of drug-likeness (QED) is 0.770. The Bertz CT molecular complexity index is 837. The summed E-state index contributed by atoms with van der Waals surface area (Å²) in [5, 5.41) is 11.3. The predicted molar refractivity (Wildman–Crippen MR) is 91.7 cm³/mol. The van der Waals surface area contributed by atoms with Gasteiger partial charge in [-0.2, -0.15) is 0 Å². The summed E-state index contributed by atoms with van der Waals surface area (Å²) in [6, 6.07) is 9.78. The molecule has 1 N–H and O–H groups in total.